The van der Waals surface area contributed by atoms with Crippen molar-refractivity contribution >= 4 is 17.3 Å². The molecule has 0 bridgehead atoms. The molecule has 0 N–H and O–H groups in total. The van der Waals surface area contributed by atoms with Crippen LogP contribution in [0.1, 0.15) is 26.5 Å². The van der Waals surface area contributed by atoms with Crippen molar-refractivity contribution in [1.82, 2.24) is 19.6 Å². The Bertz CT molecular complexity index is 1020. The van der Waals surface area contributed by atoms with Gasteiger partial charge in [0.1, 0.15) is 11.5 Å². The molecule has 0 saturated carbocycles. The van der Waals surface area contributed by atoms with Gasteiger partial charge in [0.15, 0.2) is 5.82 Å². The van der Waals surface area contributed by atoms with Gasteiger partial charge in [-0.2, -0.15) is 5.10 Å². The smallest absolute Gasteiger partial charge is 0.259 e. The minimum atomic E-state index is -0.0673. The number of aromatic nitrogens is 4. The first-order valence-corrected chi connectivity index (χ1v) is 9.13. The van der Waals surface area contributed by atoms with E-state index in [0.29, 0.717) is 11.5 Å². The van der Waals surface area contributed by atoms with Crippen LogP contribution >= 0.6 is 0 Å². The predicted molar refractivity (Wildman–Crippen MR) is 107 cm³/mol. The maximum Gasteiger partial charge on any atom is 0.259 e. The second-order valence-corrected chi connectivity index (χ2v) is 8.08. The van der Waals surface area contributed by atoms with Crippen LogP contribution in [0, 0.1) is 0 Å². The Hall–Kier alpha value is -2.96. The third-order valence-corrected chi connectivity index (χ3v) is 5.07. The Morgan fingerprint density at radius 1 is 1.11 bits per heavy atom. The molecular formula is C20H24N6O. The number of likely N-dealkylation sites (N-methyl/N-ethyl adjacent to an activating group) is 1. The maximum atomic E-state index is 12.3. The van der Waals surface area contributed by atoms with E-state index in [9.17, 15) is 4.79 Å². The third kappa shape index (κ3) is 3.25. The van der Waals surface area contributed by atoms with Crippen molar-refractivity contribution in [3.8, 4) is 0 Å². The summed E-state index contributed by atoms with van der Waals surface area (Å²) in [4.78, 5) is 21.2. The molecule has 7 heteroatoms. The van der Waals surface area contributed by atoms with Crippen molar-refractivity contribution in [2.24, 2.45) is 0 Å². The zero-order valence-electron chi connectivity index (χ0n) is 16.1. The summed E-state index contributed by atoms with van der Waals surface area (Å²) in [6, 6.07) is 11.5. The van der Waals surface area contributed by atoms with E-state index < -0.39 is 0 Å². The van der Waals surface area contributed by atoms with E-state index >= 15 is 0 Å². The standard InChI is InChI=1S/C20H24N6O/c1-20(2,3)15-8-9-17(23-22-15)25-12-14(13-25)24(4)18-11-19(27)26-10-6-5-7-16(26)21-18/h5-11,14H,12-13H2,1-4H3. The van der Waals surface area contributed by atoms with E-state index in [4.69, 9.17) is 0 Å². The third-order valence-electron chi connectivity index (χ3n) is 5.07. The topological polar surface area (TPSA) is 66.6 Å². The highest BCUT2D eigenvalue weighted by molar-refractivity contribution is 5.51. The SMILES string of the molecule is CN(c1cc(=O)n2ccccc2n1)C1CN(c2ccc(C(C)(C)C)nn2)C1. The minimum absolute atomic E-state index is 0.000961. The fourth-order valence-electron chi connectivity index (χ4n) is 3.19. The Morgan fingerprint density at radius 2 is 1.89 bits per heavy atom. The number of pyridine rings is 1. The Morgan fingerprint density at radius 3 is 2.56 bits per heavy atom. The molecule has 0 amide bonds. The van der Waals surface area contributed by atoms with Gasteiger partial charge in [0, 0.05) is 37.8 Å². The lowest BCUT2D eigenvalue weighted by molar-refractivity contribution is 0.485. The van der Waals surface area contributed by atoms with Crippen LogP contribution in [0.5, 0.6) is 0 Å². The summed E-state index contributed by atoms with van der Waals surface area (Å²) in [5.41, 5.74) is 1.58. The van der Waals surface area contributed by atoms with E-state index in [1.54, 1.807) is 16.7 Å². The molecule has 0 aromatic carbocycles. The van der Waals surface area contributed by atoms with Crippen molar-refractivity contribution in [3.63, 3.8) is 0 Å². The average Bonchev–Trinajstić information content (AvgIpc) is 2.60. The monoisotopic (exact) mass is 364 g/mol. The fourth-order valence-corrected chi connectivity index (χ4v) is 3.19. The summed E-state index contributed by atoms with van der Waals surface area (Å²) >= 11 is 0. The highest BCUT2D eigenvalue weighted by Gasteiger charge is 2.32. The molecule has 27 heavy (non-hydrogen) atoms. The summed E-state index contributed by atoms with van der Waals surface area (Å²) in [6.45, 7) is 8.05. The van der Waals surface area contributed by atoms with Crippen LogP contribution in [0.3, 0.4) is 0 Å². The van der Waals surface area contributed by atoms with Gasteiger partial charge in [-0.25, -0.2) is 4.98 Å². The highest BCUT2D eigenvalue weighted by atomic mass is 16.1. The van der Waals surface area contributed by atoms with Crippen LogP contribution in [-0.2, 0) is 5.41 Å². The van der Waals surface area contributed by atoms with E-state index in [1.165, 1.54) is 0 Å². The molecule has 3 aromatic rings. The first kappa shape index (κ1) is 17.5. The summed E-state index contributed by atoms with van der Waals surface area (Å²) in [6.07, 6.45) is 1.74. The van der Waals surface area contributed by atoms with Gasteiger partial charge in [0.2, 0.25) is 0 Å². The van der Waals surface area contributed by atoms with Crippen LogP contribution in [-0.4, -0.2) is 45.8 Å². The molecule has 1 aliphatic rings. The number of nitrogens with zero attached hydrogens (tertiary/aromatic N) is 6. The number of rotatable bonds is 3. The number of fused-ring (bicyclic) bond motifs is 1. The first-order valence-electron chi connectivity index (χ1n) is 9.13. The van der Waals surface area contributed by atoms with E-state index in [1.807, 2.05) is 37.4 Å². The Kier molecular flexibility index (Phi) is 4.09. The molecule has 3 aromatic heterocycles. The van der Waals surface area contributed by atoms with Gasteiger partial charge in [-0.05, 0) is 24.3 Å². The lowest BCUT2D eigenvalue weighted by Crippen LogP contribution is -2.59. The second-order valence-electron chi connectivity index (χ2n) is 8.08. The molecule has 140 valence electrons. The Labute approximate surface area is 158 Å². The zero-order valence-corrected chi connectivity index (χ0v) is 16.1. The molecule has 0 spiro atoms. The lowest BCUT2D eigenvalue weighted by atomic mass is 9.92. The molecule has 1 fully saturated rings. The van der Waals surface area contributed by atoms with Crippen LogP contribution in [0.15, 0.2) is 47.4 Å². The molecule has 4 heterocycles. The summed E-state index contributed by atoms with van der Waals surface area (Å²) in [5, 5.41) is 8.74. The molecule has 7 nitrogen and oxygen atoms in total. The van der Waals surface area contributed by atoms with Gasteiger partial charge in [0.25, 0.3) is 5.56 Å². The first-order chi connectivity index (χ1) is 12.8. The summed E-state index contributed by atoms with van der Waals surface area (Å²) < 4.78 is 1.55. The van der Waals surface area contributed by atoms with Gasteiger partial charge < -0.3 is 9.80 Å². The van der Waals surface area contributed by atoms with E-state index in [0.717, 1.165) is 24.6 Å². The molecule has 0 radical (unpaired) electrons. The average molecular weight is 364 g/mol. The largest absolute Gasteiger partial charge is 0.353 e. The second kappa shape index (κ2) is 6.33. The predicted octanol–water partition coefficient (Wildman–Crippen LogP) is 2.11. The normalized spacial score (nSPS) is 15.0. The molecule has 4 rings (SSSR count). The molecule has 0 unspecified atom stereocenters. The zero-order chi connectivity index (χ0) is 19.2. The molecule has 0 atom stereocenters. The minimum Gasteiger partial charge on any atom is -0.353 e. The molecule has 0 aliphatic carbocycles. The van der Waals surface area contributed by atoms with E-state index in [2.05, 4.69) is 45.8 Å². The van der Waals surface area contributed by atoms with Crippen molar-refractivity contribution < 1.29 is 0 Å². The van der Waals surface area contributed by atoms with Gasteiger partial charge in [-0.15, -0.1) is 5.10 Å². The van der Waals surface area contributed by atoms with Gasteiger partial charge in [0.05, 0.1) is 11.7 Å². The summed E-state index contributed by atoms with van der Waals surface area (Å²) in [5.74, 6) is 1.59. The van der Waals surface area contributed by atoms with Crippen molar-refractivity contribution in [1.29, 1.82) is 0 Å². The maximum absolute atomic E-state index is 12.3. The summed E-state index contributed by atoms with van der Waals surface area (Å²) in [7, 11) is 1.98. The molecule has 1 aliphatic heterocycles. The number of anilines is 2. The lowest BCUT2D eigenvalue weighted by Gasteiger charge is -2.44. The van der Waals surface area contributed by atoms with Crippen LogP contribution in [0.25, 0.3) is 5.65 Å². The van der Waals surface area contributed by atoms with Crippen LogP contribution < -0.4 is 15.4 Å². The number of hydrogen-bond acceptors (Lipinski definition) is 6. The van der Waals surface area contributed by atoms with Crippen molar-refractivity contribution in [3.05, 3.63) is 58.6 Å². The van der Waals surface area contributed by atoms with Crippen LogP contribution in [0.4, 0.5) is 11.6 Å². The van der Waals surface area contributed by atoms with Gasteiger partial charge in [-0.3, -0.25) is 9.20 Å². The Balaban J connectivity index is 1.47. The van der Waals surface area contributed by atoms with Gasteiger partial charge in [-0.1, -0.05) is 26.8 Å². The number of hydrogen-bond donors (Lipinski definition) is 0. The quantitative estimate of drug-likeness (QED) is 0.709. The fraction of sp³-hybridized carbons (Fsp3) is 0.400. The molecular weight excluding hydrogens is 340 g/mol. The van der Waals surface area contributed by atoms with Gasteiger partial charge >= 0.3 is 0 Å². The van der Waals surface area contributed by atoms with Crippen molar-refractivity contribution in [2.45, 2.75) is 32.2 Å². The van der Waals surface area contributed by atoms with Crippen molar-refractivity contribution in [2.75, 3.05) is 29.9 Å². The molecule has 1 saturated heterocycles. The highest BCUT2D eigenvalue weighted by Crippen LogP contribution is 2.25. The van der Waals surface area contributed by atoms with E-state index in [-0.39, 0.29) is 17.0 Å². The van der Waals surface area contributed by atoms with Crippen LogP contribution in [0.2, 0.25) is 0 Å².